The van der Waals surface area contributed by atoms with E-state index in [1.165, 1.54) is 22.1 Å². The Bertz CT molecular complexity index is 702. The van der Waals surface area contributed by atoms with Gasteiger partial charge in [0.15, 0.2) is 0 Å². The highest BCUT2D eigenvalue weighted by molar-refractivity contribution is 8.00. The Morgan fingerprint density at radius 1 is 1.40 bits per heavy atom. The molecule has 0 saturated carbocycles. The SMILES string of the molecule is Cc1ccc(NC(=O)[C@@H](C)SCCO)cc1S(=O)(=O)N1CCOCC1. The lowest BCUT2D eigenvalue weighted by Crippen LogP contribution is -2.40. The first kappa shape index (κ1) is 20.2. The van der Waals surface area contributed by atoms with Gasteiger partial charge in [-0.05, 0) is 31.5 Å². The molecule has 1 fully saturated rings. The van der Waals surface area contributed by atoms with Crippen LogP contribution in [0.5, 0.6) is 0 Å². The number of rotatable bonds is 7. The third kappa shape index (κ3) is 5.18. The summed E-state index contributed by atoms with van der Waals surface area (Å²) in [7, 11) is -3.62. The fraction of sp³-hybridized carbons (Fsp3) is 0.562. The third-order valence-electron chi connectivity index (χ3n) is 3.87. The summed E-state index contributed by atoms with van der Waals surface area (Å²) in [5, 5.41) is 11.2. The average molecular weight is 389 g/mol. The van der Waals surface area contributed by atoms with Crippen LogP contribution in [0.1, 0.15) is 12.5 Å². The van der Waals surface area contributed by atoms with E-state index in [4.69, 9.17) is 9.84 Å². The van der Waals surface area contributed by atoms with Crippen LogP contribution in [0.2, 0.25) is 0 Å². The number of morpholine rings is 1. The molecular formula is C16H24N2O5S2. The number of hydrogen-bond donors (Lipinski definition) is 2. The van der Waals surface area contributed by atoms with Crippen molar-refractivity contribution in [2.45, 2.75) is 24.0 Å². The van der Waals surface area contributed by atoms with E-state index in [0.717, 1.165) is 0 Å². The van der Waals surface area contributed by atoms with Crippen LogP contribution in [-0.4, -0.2) is 67.6 Å². The summed E-state index contributed by atoms with van der Waals surface area (Å²) in [6.45, 7) is 4.91. The average Bonchev–Trinajstić information content (AvgIpc) is 2.61. The second-order valence-electron chi connectivity index (χ2n) is 5.72. The van der Waals surface area contributed by atoms with Gasteiger partial charge in [0, 0.05) is 24.5 Å². The summed E-state index contributed by atoms with van der Waals surface area (Å²) in [5.74, 6) is 0.246. The van der Waals surface area contributed by atoms with E-state index in [-0.39, 0.29) is 22.7 Å². The lowest BCUT2D eigenvalue weighted by Gasteiger charge is -2.27. The van der Waals surface area contributed by atoms with E-state index in [1.807, 2.05) is 0 Å². The number of carbonyl (C=O) groups excluding carboxylic acids is 1. The van der Waals surface area contributed by atoms with Crippen LogP contribution in [0.15, 0.2) is 23.1 Å². The van der Waals surface area contributed by atoms with Gasteiger partial charge in [-0.1, -0.05) is 6.07 Å². The van der Waals surface area contributed by atoms with Crippen molar-refractivity contribution in [1.29, 1.82) is 0 Å². The van der Waals surface area contributed by atoms with Gasteiger partial charge in [-0.25, -0.2) is 8.42 Å². The van der Waals surface area contributed by atoms with E-state index in [0.29, 0.717) is 43.3 Å². The van der Waals surface area contributed by atoms with Crippen LogP contribution in [0, 0.1) is 6.92 Å². The predicted molar refractivity (Wildman–Crippen MR) is 98.4 cm³/mol. The van der Waals surface area contributed by atoms with Crippen LogP contribution >= 0.6 is 11.8 Å². The second-order valence-corrected chi connectivity index (χ2v) is 9.08. The molecule has 0 unspecified atom stereocenters. The summed E-state index contributed by atoms with van der Waals surface area (Å²) < 4.78 is 32.3. The number of thioether (sulfide) groups is 1. The number of aliphatic hydroxyl groups excluding tert-OH is 1. The van der Waals surface area contributed by atoms with Gasteiger partial charge in [-0.2, -0.15) is 4.31 Å². The Kier molecular flexibility index (Phi) is 7.26. The zero-order valence-electron chi connectivity index (χ0n) is 14.4. The molecule has 1 aromatic carbocycles. The van der Waals surface area contributed by atoms with Crippen molar-refractivity contribution < 1.29 is 23.1 Å². The lowest BCUT2D eigenvalue weighted by atomic mass is 10.2. The van der Waals surface area contributed by atoms with E-state index in [1.54, 1.807) is 26.0 Å². The monoisotopic (exact) mass is 388 g/mol. The topological polar surface area (TPSA) is 95.9 Å². The standard InChI is InChI=1S/C16H24N2O5S2/c1-12-3-4-14(17-16(20)13(2)24-10-7-19)11-15(12)25(21,22)18-5-8-23-9-6-18/h3-4,11,13,19H,5-10H2,1-2H3,(H,17,20)/t13-/m1/s1. The van der Waals surface area contributed by atoms with E-state index < -0.39 is 10.0 Å². The molecule has 1 aromatic rings. The van der Waals surface area contributed by atoms with E-state index in [9.17, 15) is 13.2 Å². The Morgan fingerprint density at radius 2 is 2.08 bits per heavy atom. The van der Waals surface area contributed by atoms with E-state index in [2.05, 4.69) is 5.32 Å². The van der Waals surface area contributed by atoms with Gasteiger partial charge in [0.2, 0.25) is 15.9 Å². The van der Waals surface area contributed by atoms with Crippen molar-refractivity contribution in [3.05, 3.63) is 23.8 Å². The molecule has 0 aliphatic carbocycles. The molecule has 9 heteroatoms. The van der Waals surface area contributed by atoms with Crippen LogP contribution in [0.3, 0.4) is 0 Å². The van der Waals surface area contributed by atoms with Gasteiger partial charge in [0.05, 0.1) is 30.0 Å². The highest BCUT2D eigenvalue weighted by Gasteiger charge is 2.28. The van der Waals surface area contributed by atoms with Gasteiger partial charge < -0.3 is 15.2 Å². The van der Waals surface area contributed by atoms with Crippen LogP contribution in [0.4, 0.5) is 5.69 Å². The Hall–Kier alpha value is -1.13. The minimum Gasteiger partial charge on any atom is -0.396 e. The Balaban J connectivity index is 2.18. The minimum absolute atomic E-state index is 0.00869. The fourth-order valence-electron chi connectivity index (χ4n) is 2.43. The van der Waals surface area contributed by atoms with Crippen molar-refractivity contribution in [3.8, 4) is 0 Å². The number of aliphatic hydroxyl groups is 1. The maximum absolute atomic E-state index is 12.8. The van der Waals surface area contributed by atoms with Crippen molar-refractivity contribution in [3.63, 3.8) is 0 Å². The molecule has 25 heavy (non-hydrogen) atoms. The maximum atomic E-state index is 12.8. The van der Waals surface area contributed by atoms with Crippen molar-refractivity contribution >= 4 is 33.4 Å². The zero-order chi connectivity index (χ0) is 18.4. The largest absolute Gasteiger partial charge is 0.396 e. The Labute approximate surface area is 152 Å². The van der Waals surface area contributed by atoms with Gasteiger partial charge >= 0.3 is 0 Å². The highest BCUT2D eigenvalue weighted by atomic mass is 32.2. The molecule has 1 amide bonds. The summed E-state index contributed by atoms with van der Waals surface area (Å²) >= 11 is 1.34. The molecule has 2 rings (SSSR count). The highest BCUT2D eigenvalue weighted by Crippen LogP contribution is 2.25. The molecule has 140 valence electrons. The maximum Gasteiger partial charge on any atom is 0.243 e. The first-order chi connectivity index (χ1) is 11.9. The fourth-order valence-corrected chi connectivity index (χ4v) is 4.76. The summed E-state index contributed by atoms with van der Waals surface area (Å²) in [5.41, 5.74) is 1.08. The quantitative estimate of drug-likeness (QED) is 0.725. The third-order valence-corrected chi connectivity index (χ3v) is 7.04. The molecule has 0 radical (unpaired) electrons. The molecule has 0 bridgehead atoms. The number of ether oxygens (including phenoxy) is 1. The number of nitrogens with one attached hydrogen (secondary N) is 1. The molecule has 0 spiro atoms. The van der Waals surface area contributed by atoms with Gasteiger partial charge in [-0.15, -0.1) is 11.8 Å². The Morgan fingerprint density at radius 3 is 2.72 bits per heavy atom. The molecule has 0 aromatic heterocycles. The first-order valence-electron chi connectivity index (χ1n) is 8.08. The molecule has 7 nitrogen and oxygen atoms in total. The number of benzene rings is 1. The van der Waals surface area contributed by atoms with Crippen LogP contribution < -0.4 is 5.32 Å². The number of carbonyl (C=O) groups is 1. The number of sulfonamides is 1. The molecule has 1 aliphatic heterocycles. The van der Waals surface area contributed by atoms with E-state index >= 15 is 0 Å². The summed E-state index contributed by atoms with van der Waals surface area (Å²) in [4.78, 5) is 12.4. The number of hydrogen-bond acceptors (Lipinski definition) is 6. The molecular weight excluding hydrogens is 364 g/mol. The lowest BCUT2D eigenvalue weighted by molar-refractivity contribution is -0.115. The smallest absolute Gasteiger partial charge is 0.243 e. The number of amides is 1. The van der Waals surface area contributed by atoms with Crippen molar-refractivity contribution in [2.24, 2.45) is 0 Å². The zero-order valence-corrected chi connectivity index (χ0v) is 16.0. The van der Waals surface area contributed by atoms with Crippen LogP contribution in [0.25, 0.3) is 0 Å². The molecule has 1 atom stereocenters. The molecule has 1 aliphatic rings. The second kappa shape index (κ2) is 9.00. The van der Waals surface area contributed by atoms with Gasteiger partial charge in [0.25, 0.3) is 0 Å². The normalized spacial score (nSPS) is 17.2. The number of anilines is 1. The number of aryl methyl sites for hydroxylation is 1. The van der Waals surface area contributed by atoms with Gasteiger partial charge in [0.1, 0.15) is 0 Å². The summed E-state index contributed by atoms with van der Waals surface area (Å²) in [6, 6.07) is 4.88. The number of nitrogens with zero attached hydrogens (tertiary/aromatic N) is 1. The van der Waals surface area contributed by atoms with Gasteiger partial charge in [-0.3, -0.25) is 4.79 Å². The van der Waals surface area contributed by atoms with Crippen molar-refractivity contribution in [2.75, 3.05) is 44.0 Å². The molecule has 1 saturated heterocycles. The minimum atomic E-state index is -3.62. The molecule has 2 N–H and O–H groups in total. The summed E-state index contributed by atoms with van der Waals surface area (Å²) in [6.07, 6.45) is 0. The van der Waals surface area contributed by atoms with Crippen LogP contribution in [-0.2, 0) is 19.6 Å². The predicted octanol–water partition coefficient (Wildman–Crippen LogP) is 1.07. The first-order valence-corrected chi connectivity index (χ1v) is 10.6. The molecule has 1 heterocycles. The van der Waals surface area contributed by atoms with Crippen molar-refractivity contribution in [1.82, 2.24) is 4.31 Å².